The first kappa shape index (κ1) is 19.2. The molecule has 0 spiro atoms. The largest absolute Gasteiger partial charge is 0.494 e. The van der Waals surface area contributed by atoms with E-state index in [2.05, 4.69) is 10.6 Å². The maximum atomic E-state index is 12.1. The average molecular weight is 374 g/mol. The van der Waals surface area contributed by atoms with E-state index in [9.17, 15) is 9.59 Å². The molecule has 2 amide bonds. The van der Waals surface area contributed by atoms with Gasteiger partial charge in [-0.1, -0.05) is 42.5 Å². The van der Waals surface area contributed by atoms with Gasteiger partial charge in [-0.2, -0.15) is 0 Å². The van der Waals surface area contributed by atoms with Gasteiger partial charge in [0.25, 0.3) is 5.91 Å². The average Bonchev–Trinajstić information content (AvgIpc) is 2.74. The summed E-state index contributed by atoms with van der Waals surface area (Å²) in [6.45, 7) is 2.36. The van der Waals surface area contributed by atoms with Crippen molar-refractivity contribution >= 4 is 17.5 Å². The summed E-state index contributed by atoms with van der Waals surface area (Å²) in [5.41, 5.74) is 3.34. The normalized spacial score (nSPS) is 10.2. The lowest BCUT2D eigenvalue weighted by molar-refractivity contribution is -0.115. The highest BCUT2D eigenvalue weighted by Crippen LogP contribution is 2.20. The van der Waals surface area contributed by atoms with Gasteiger partial charge in [-0.3, -0.25) is 9.59 Å². The van der Waals surface area contributed by atoms with E-state index in [0.717, 1.165) is 11.1 Å². The highest BCUT2D eigenvalue weighted by Gasteiger charge is 2.09. The smallest absolute Gasteiger partial charge is 0.251 e. The zero-order valence-corrected chi connectivity index (χ0v) is 15.6. The van der Waals surface area contributed by atoms with E-state index < -0.39 is 0 Å². The molecule has 0 radical (unpaired) electrons. The molecule has 28 heavy (non-hydrogen) atoms. The van der Waals surface area contributed by atoms with Crippen LogP contribution in [0.25, 0.3) is 11.1 Å². The predicted molar refractivity (Wildman–Crippen MR) is 110 cm³/mol. The quantitative estimate of drug-likeness (QED) is 0.654. The second-order valence-corrected chi connectivity index (χ2v) is 6.13. The molecule has 3 aromatic carbocycles. The van der Waals surface area contributed by atoms with E-state index in [1.165, 1.54) is 0 Å². The van der Waals surface area contributed by atoms with Gasteiger partial charge in [-0.15, -0.1) is 0 Å². The second-order valence-electron chi connectivity index (χ2n) is 6.13. The predicted octanol–water partition coefficient (Wildman–Crippen LogP) is 4.12. The Bertz CT molecular complexity index is 920. The van der Waals surface area contributed by atoms with Gasteiger partial charge < -0.3 is 15.4 Å². The number of anilines is 1. The molecular weight excluding hydrogens is 352 g/mol. The van der Waals surface area contributed by atoms with Crippen LogP contribution < -0.4 is 15.4 Å². The van der Waals surface area contributed by atoms with Crippen LogP contribution in [0.1, 0.15) is 17.3 Å². The van der Waals surface area contributed by atoms with Gasteiger partial charge >= 0.3 is 0 Å². The van der Waals surface area contributed by atoms with Crippen LogP contribution in [-0.4, -0.2) is 25.0 Å². The van der Waals surface area contributed by atoms with E-state index in [-0.39, 0.29) is 18.4 Å². The third-order valence-electron chi connectivity index (χ3n) is 4.11. The van der Waals surface area contributed by atoms with Crippen molar-refractivity contribution in [2.45, 2.75) is 6.92 Å². The van der Waals surface area contributed by atoms with Crippen LogP contribution in [0.5, 0.6) is 5.75 Å². The highest BCUT2D eigenvalue weighted by atomic mass is 16.5. The molecule has 2 N–H and O–H groups in total. The van der Waals surface area contributed by atoms with E-state index in [1.807, 2.05) is 61.5 Å². The number of carbonyl (C=O) groups excluding carboxylic acids is 2. The zero-order chi connectivity index (χ0) is 19.8. The molecular formula is C23H22N2O3. The van der Waals surface area contributed by atoms with Crippen LogP contribution in [0.4, 0.5) is 5.69 Å². The Morgan fingerprint density at radius 3 is 2.11 bits per heavy atom. The molecule has 0 unspecified atom stereocenters. The minimum absolute atomic E-state index is 0.105. The fraction of sp³-hybridized carbons (Fsp3) is 0.130. The van der Waals surface area contributed by atoms with Gasteiger partial charge in [0.2, 0.25) is 5.91 Å². The van der Waals surface area contributed by atoms with Crippen molar-refractivity contribution in [3.63, 3.8) is 0 Å². The molecule has 0 aliphatic heterocycles. The topological polar surface area (TPSA) is 67.4 Å². The van der Waals surface area contributed by atoms with Crippen molar-refractivity contribution in [1.82, 2.24) is 5.32 Å². The Labute approximate surface area is 164 Å². The number of hydrogen-bond donors (Lipinski definition) is 2. The maximum absolute atomic E-state index is 12.1. The minimum Gasteiger partial charge on any atom is -0.494 e. The van der Waals surface area contributed by atoms with Crippen LogP contribution in [0.15, 0.2) is 78.9 Å². The van der Waals surface area contributed by atoms with Crippen molar-refractivity contribution in [3.8, 4) is 16.9 Å². The first-order valence-corrected chi connectivity index (χ1v) is 9.12. The summed E-state index contributed by atoms with van der Waals surface area (Å²) in [6, 6.07) is 24.4. The van der Waals surface area contributed by atoms with Crippen LogP contribution in [0.2, 0.25) is 0 Å². The van der Waals surface area contributed by atoms with Gasteiger partial charge in [0.15, 0.2) is 0 Å². The number of carbonyl (C=O) groups is 2. The minimum atomic E-state index is -0.308. The molecule has 0 aliphatic rings. The Balaban J connectivity index is 1.50. The molecule has 0 saturated carbocycles. The van der Waals surface area contributed by atoms with Gasteiger partial charge in [0, 0.05) is 11.3 Å². The summed E-state index contributed by atoms with van der Waals surface area (Å²) in [7, 11) is 0. The summed E-state index contributed by atoms with van der Waals surface area (Å²) in [4.78, 5) is 24.2. The maximum Gasteiger partial charge on any atom is 0.251 e. The molecule has 5 nitrogen and oxygen atoms in total. The fourth-order valence-electron chi connectivity index (χ4n) is 2.71. The molecule has 0 bridgehead atoms. The molecule has 0 aliphatic carbocycles. The third kappa shape index (κ3) is 5.20. The molecule has 0 fully saturated rings. The molecule has 0 heterocycles. The Hall–Kier alpha value is -3.60. The first-order chi connectivity index (χ1) is 13.7. The number of rotatable bonds is 7. The van der Waals surface area contributed by atoms with Crippen molar-refractivity contribution in [2.24, 2.45) is 0 Å². The molecule has 0 aromatic heterocycles. The lowest BCUT2D eigenvalue weighted by Gasteiger charge is -2.09. The van der Waals surface area contributed by atoms with E-state index in [1.54, 1.807) is 24.3 Å². The van der Waals surface area contributed by atoms with E-state index in [4.69, 9.17) is 4.74 Å². The van der Waals surface area contributed by atoms with Crippen molar-refractivity contribution in [3.05, 3.63) is 84.4 Å². The van der Waals surface area contributed by atoms with Crippen LogP contribution >= 0.6 is 0 Å². The molecule has 0 saturated heterocycles. The Kier molecular flexibility index (Phi) is 6.41. The summed E-state index contributed by atoms with van der Waals surface area (Å²) < 4.78 is 5.35. The summed E-state index contributed by atoms with van der Waals surface area (Å²) in [5, 5.41) is 5.40. The van der Waals surface area contributed by atoms with Crippen molar-refractivity contribution < 1.29 is 14.3 Å². The van der Waals surface area contributed by atoms with Gasteiger partial charge in [0.05, 0.1) is 13.2 Å². The van der Waals surface area contributed by atoms with Crippen molar-refractivity contribution in [2.75, 3.05) is 18.5 Å². The Morgan fingerprint density at radius 2 is 1.46 bits per heavy atom. The number of nitrogens with one attached hydrogen (secondary N) is 2. The van der Waals surface area contributed by atoms with Gasteiger partial charge in [-0.25, -0.2) is 0 Å². The lowest BCUT2D eigenvalue weighted by Crippen LogP contribution is -2.32. The third-order valence-corrected chi connectivity index (χ3v) is 4.11. The monoisotopic (exact) mass is 374 g/mol. The van der Waals surface area contributed by atoms with Crippen molar-refractivity contribution in [1.29, 1.82) is 0 Å². The van der Waals surface area contributed by atoms with E-state index in [0.29, 0.717) is 23.6 Å². The highest BCUT2D eigenvalue weighted by molar-refractivity contribution is 5.99. The van der Waals surface area contributed by atoms with Crippen LogP contribution in [0, 0.1) is 0 Å². The molecule has 142 valence electrons. The summed E-state index contributed by atoms with van der Waals surface area (Å²) >= 11 is 0. The van der Waals surface area contributed by atoms with Gasteiger partial charge in [-0.05, 0) is 54.4 Å². The number of benzene rings is 3. The molecule has 3 rings (SSSR count). The van der Waals surface area contributed by atoms with Crippen LogP contribution in [0.3, 0.4) is 0 Å². The molecule has 3 aromatic rings. The standard InChI is InChI=1S/C23H22N2O3/c1-2-28-21-14-10-19(11-15-21)23(27)24-16-22(26)25-20-12-8-18(9-13-20)17-6-4-3-5-7-17/h3-15H,2,16H2,1H3,(H,24,27)(H,25,26). The number of hydrogen-bond acceptors (Lipinski definition) is 3. The number of amides is 2. The number of ether oxygens (including phenoxy) is 1. The summed E-state index contributed by atoms with van der Waals surface area (Å²) in [5.74, 6) is 0.111. The summed E-state index contributed by atoms with van der Waals surface area (Å²) in [6.07, 6.45) is 0. The van der Waals surface area contributed by atoms with Crippen LogP contribution in [-0.2, 0) is 4.79 Å². The first-order valence-electron chi connectivity index (χ1n) is 9.12. The molecule has 5 heteroatoms. The van der Waals surface area contributed by atoms with Gasteiger partial charge in [0.1, 0.15) is 5.75 Å². The molecule has 0 atom stereocenters. The lowest BCUT2D eigenvalue weighted by atomic mass is 10.1. The second kappa shape index (κ2) is 9.37. The Morgan fingerprint density at radius 1 is 0.821 bits per heavy atom. The SMILES string of the molecule is CCOc1ccc(C(=O)NCC(=O)Nc2ccc(-c3ccccc3)cc2)cc1. The van der Waals surface area contributed by atoms with E-state index >= 15 is 0 Å². The zero-order valence-electron chi connectivity index (χ0n) is 15.6. The fourth-order valence-corrected chi connectivity index (χ4v) is 2.71.